The summed E-state index contributed by atoms with van der Waals surface area (Å²) in [6, 6.07) is 18.7. The molecule has 1 saturated heterocycles. The largest absolute Gasteiger partial charge is 0.352 e. The van der Waals surface area contributed by atoms with Crippen LogP contribution in [-0.2, 0) is 24.3 Å². The molecule has 31 heavy (non-hydrogen) atoms. The summed E-state index contributed by atoms with van der Waals surface area (Å²) in [6.07, 6.45) is 4.61. The van der Waals surface area contributed by atoms with Gasteiger partial charge < -0.3 is 9.84 Å². The van der Waals surface area contributed by atoms with Crippen LogP contribution in [0.25, 0.3) is 11.4 Å². The van der Waals surface area contributed by atoms with E-state index in [2.05, 4.69) is 45.5 Å². The van der Waals surface area contributed by atoms with E-state index in [-0.39, 0.29) is 5.91 Å². The molecule has 1 N–H and O–H groups in total. The molecule has 4 rings (SSSR count). The van der Waals surface area contributed by atoms with Gasteiger partial charge in [-0.15, -0.1) is 0 Å². The molecule has 3 aromatic rings. The van der Waals surface area contributed by atoms with E-state index in [4.69, 9.17) is 4.52 Å². The van der Waals surface area contributed by atoms with Crippen LogP contribution < -0.4 is 5.32 Å². The number of carbonyl (C=O) groups is 1. The number of carbonyl (C=O) groups excluding carboxylic acids is 1. The summed E-state index contributed by atoms with van der Waals surface area (Å²) in [4.78, 5) is 19.3. The highest BCUT2D eigenvalue weighted by atomic mass is 16.5. The van der Waals surface area contributed by atoms with Gasteiger partial charge in [0.15, 0.2) is 0 Å². The van der Waals surface area contributed by atoms with Gasteiger partial charge in [0.05, 0.1) is 0 Å². The van der Waals surface area contributed by atoms with Gasteiger partial charge in [-0.05, 0) is 37.4 Å². The molecular weight excluding hydrogens is 388 g/mol. The Kier molecular flexibility index (Phi) is 7.10. The van der Waals surface area contributed by atoms with Crippen molar-refractivity contribution in [3.05, 3.63) is 71.6 Å². The number of likely N-dealkylation sites (tertiary alicyclic amines) is 1. The first-order valence-electron chi connectivity index (χ1n) is 11.1. The van der Waals surface area contributed by atoms with Gasteiger partial charge in [0, 0.05) is 37.5 Å². The Hall–Kier alpha value is -2.99. The van der Waals surface area contributed by atoms with Crippen LogP contribution in [0.4, 0.5) is 0 Å². The smallest absolute Gasteiger partial charge is 0.227 e. The van der Waals surface area contributed by atoms with Gasteiger partial charge >= 0.3 is 0 Å². The molecule has 0 spiro atoms. The Bertz CT molecular complexity index is 986. The van der Waals surface area contributed by atoms with Crippen molar-refractivity contribution in [1.82, 2.24) is 20.4 Å². The van der Waals surface area contributed by atoms with E-state index < -0.39 is 0 Å². The Morgan fingerprint density at radius 2 is 1.87 bits per heavy atom. The van der Waals surface area contributed by atoms with Crippen molar-refractivity contribution in [1.29, 1.82) is 0 Å². The topological polar surface area (TPSA) is 71.3 Å². The van der Waals surface area contributed by atoms with Gasteiger partial charge in [0.25, 0.3) is 0 Å². The zero-order valence-corrected chi connectivity index (χ0v) is 18.1. The first-order valence-corrected chi connectivity index (χ1v) is 11.1. The molecule has 1 unspecified atom stereocenters. The minimum Gasteiger partial charge on any atom is -0.352 e. The van der Waals surface area contributed by atoms with Crippen LogP contribution in [-0.4, -0.2) is 33.5 Å². The van der Waals surface area contributed by atoms with E-state index in [1.807, 2.05) is 36.4 Å². The predicted molar refractivity (Wildman–Crippen MR) is 120 cm³/mol. The molecule has 0 bridgehead atoms. The minimum atomic E-state index is -0.0133. The fraction of sp³-hybridized carbons (Fsp3) is 0.400. The highest BCUT2D eigenvalue weighted by Crippen LogP contribution is 2.21. The zero-order valence-electron chi connectivity index (χ0n) is 18.1. The molecule has 1 aromatic heterocycles. The van der Waals surface area contributed by atoms with Crippen LogP contribution >= 0.6 is 0 Å². The summed E-state index contributed by atoms with van der Waals surface area (Å²) in [5.74, 6) is 1.02. The zero-order chi connectivity index (χ0) is 21.5. The molecule has 0 aliphatic carbocycles. The van der Waals surface area contributed by atoms with Crippen LogP contribution in [0.15, 0.2) is 59.1 Å². The van der Waals surface area contributed by atoms with E-state index >= 15 is 0 Å². The van der Waals surface area contributed by atoms with Crippen LogP contribution in [0.3, 0.4) is 0 Å². The third-order valence-corrected chi connectivity index (χ3v) is 5.97. The SMILES string of the molecule is CC1CCCCN1Cc1ccccc1CNC(=O)CCc1nc(-c2ccccc2)no1. The number of hydrogen-bond acceptors (Lipinski definition) is 5. The third kappa shape index (κ3) is 5.79. The number of nitrogens with one attached hydrogen (secondary N) is 1. The number of aromatic nitrogens is 2. The molecular formula is C25H30N4O2. The third-order valence-electron chi connectivity index (χ3n) is 5.97. The molecule has 0 saturated carbocycles. The maximum absolute atomic E-state index is 12.4. The highest BCUT2D eigenvalue weighted by Gasteiger charge is 2.19. The lowest BCUT2D eigenvalue weighted by Gasteiger charge is -2.33. The average Bonchev–Trinajstić information content (AvgIpc) is 3.28. The van der Waals surface area contributed by atoms with Gasteiger partial charge in [-0.25, -0.2) is 0 Å². The number of piperidine rings is 1. The second-order valence-electron chi connectivity index (χ2n) is 8.24. The second-order valence-corrected chi connectivity index (χ2v) is 8.24. The van der Waals surface area contributed by atoms with Crippen LogP contribution in [0.5, 0.6) is 0 Å². The van der Waals surface area contributed by atoms with Crippen molar-refractivity contribution in [2.24, 2.45) is 0 Å². The fourth-order valence-electron chi connectivity index (χ4n) is 4.06. The molecule has 0 radical (unpaired) electrons. The van der Waals surface area contributed by atoms with Crippen molar-refractivity contribution in [2.75, 3.05) is 6.54 Å². The molecule has 1 fully saturated rings. The highest BCUT2D eigenvalue weighted by molar-refractivity contribution is 5.76. The minimum absolute atomic E-state index is 0.0133. The summed E-state index contributed by atoms with van der Waals surface area (Å²) in [6.45, 7) is 4.94. The van der Waals surface area contributed by atoms with E-state index in [1.54, 1.807) is 0 Å². The lowest BCUT2D eigenvalue weighted by Crippen LogP contribution is -2.37. The van der Waals surface area contributed by atoms with Crippen LogP contribution in [0.2, 0.25) is 0 Å². The van der Waals surface area contributed by atoms with Crippen molar-refractivity contribution < 1.29 is 9.32 Å². The molecule has 1 aliphatic heterocycles. The van der Waals surface area contributed by atoms with Crippen molar-refractivity contribution in [3.63, 3.8) is 0 Å². The Labute approximate surface area is 183 Å². The summed E-state index contributed by atoms with van der Waals surface area (Å²) in [7, 11) is 0. The second kappa shape index (κ2) is 10.4. The van der Waals surface area contributed by atoms with E-state index in [1.165, 1.54) is 30.4 Å². The monoisotopic (exact) mass is 418 g/mol. The number of aryl methyl sites for hydroxylation is 1. The van der Waals surface area contributed by atoms with Crippen LogP contribution in [0.1, 0.15) is 49.6 Å². The molecule has 2 aromatic carbocycles. The molecule has 2 heterocycles. The van der Waals surface area contributed by atoms with Gasteiger partial charge in [-0.2, -0.15) is 4.98 Å². The standard InChI is InChI=1S/C25H30N4O2/c1-19-9-7-8-16-29(19)18-22-13-6-5-12-21(22)17-26-23(30)14-15-24-27-25(28-31-24)20-10-3-2-4-11-20/h2-6,10-13,19H,7-9,14-18H2,1H3,(H,26,30). The average molecular weight is 419 g/mol. The van der Waals surface area contributed by atoms with E-state index in [0.717, 1.165) is 18.7 Å². The summed E-state index contributed by atoms with van der Waals surface area (Å²) < 4.78 is 5.30. The maximum atomic E-state index is 12.4. The molecule has 6 nitrogen and oxygen atoms in total. The van der Waals surface area contributed by atoms with Gasteiger partial charge in [-0.3, -0.25) is 9.69 Å². The fourth-order valence-corrected chi connectivity index (χ4v) is 4.06. The van der Waals surface area contributed by atoms with Crippen molar-refractivity contribution in [2.45, 2.75) is 58.2 Å². The Morgan fingerprint density at radius 1 is 1.10 bits per heavy atom. The summed E-state index contributed by atoms with van der Waals surface area (Å²) >= 11 is 0. The van der Waals surface area contributed by atoms with E-state index in [0.29, 0.717) is 37.1 Å². The molecule has 1 amide bonds. The maximum Gasteiger partial charge on any atom is 0.227 e. The number of nitrogens with zero attached hydrogens (tertiary/aromatic N) is 3. The van der Waals surface area contributed by atoms with Crippen molar-refractivity contribution >= 4 is 5.91 Å². The Morgan fingerprint density at radius 3 is 2.68 bits per heavy atom. The summed E-state index contributed by atoms with van der Waals surface area (Å²) in [5.41, 5.74) is 3.38. The van der Waals surface area contributed by atoms with Gasteiger partial charge in [-0.1, -0.05) is 66.2 Å². The molecule has 6 heteroatoms. The molecule has 1 atom stereocenters. The normalized spacial score (nSPS) is 16.9. The van der Waals surface area contributed by atoms with E-state index in [9.17, 15) is 4.79 Å². The van der Waals surface area contributed by atoms with Gasteiger partial charge in [0.2, 0.25) is 17.6 Å². The van der Waals surface area contributed by atoms with Crippen LogP contribution in [0, 0.1) is 0 Å². The predicted octanol–water partition coefficient (Wildman–Crippen LogP) is 4.36. The van der Waals surface area contributed by atoms with Gasteiger partial charge in [0.1, 0.15) is 0 Å². The van der Waals surface area contributed by atoms with Crippen molar-refractivity contribution in [3.8, 4) is 11.4 Å². The molecule has 162 valence electrons. The lowest BCUT2D eigenvalue weighted by atomic mass is 10.0. The number of rotatable bonds is 8. The number of amides is 1. The quantitative estimate of drug-likeness (QED) is 0.588. The summed E-state index contributed by atoms with van der Waals surface area (Å²) in [5, 5.41) is 7.06. The molecule has 1 aliphatic rings. The first kappa shape index (κ1) is 21.2. The first-order chi connectivity index (χ1) is 15.2. The number of hydrogen-bond donors (Lipinski definition) is 1. The number of benzene rings is 2. The Balaban J connectivity index is 1.28. The lowest BCUT2D eigenvalue weighted by molar-refractivity contribution is -0.121.